The molecule has 2 heterocycles. The van der Waals surface area contributed by atoms with Crippen molar-refractivity contribution >= 4 is 0 Å². The van der Waals surface area contributed by atoms with Crippen LogP contribution in [0.4, 0.5) is 26.3 Å². The van der Waals surface area contributed by atoms with E-state index in [1.165, 1.54) is 24.3 Å². The molecule has 2 aliphatic heterocycles. The Morgan fingerprint density at radius 1 is 0.744 bits per heavy atom. The Morgan fingerprint density at radius 2 is 1.19 bits per heavy atom. The molecule has 2 saturated heterocycles. The van der Waals surface area contributed by atoms with E-state index in [9.17, 15) is 36.7 Å². The van der Waals surface area contributed by atoms with Crippen LogP contribution in [-0.4, -0.2) is 28.4 Å². The summed E-state index contributed by atoms with van der Waals surface area (Å²) in [5, 5.41) is 26.9. The van der Waals surface area contributed by atoms with Gasteiger partial charge in [0, 0.05) is 24.3 Å². The van der Waals surface area contributed by atoms with E-state index >= 15 is 0 Å². The van der Waals surface area contributed by atoms with Crippen molar-refractivity contribution in [2.75, 3.05) is 6.61 Å². The number of ether oxygens (including phenoxy) is 1. The van der Waals surface area contributed by atoms with Gasteiger partial charge in [-0.05, 0) is 85.3 Å². The molecule has 0 radical (unpaired) electrons. The first-order valence-corrected chi connectivity index (χ1v) is 14.6. The van der Waals surface area contributed by atoms with E-state index in [0.717, 1.165) is 48.4 Å². The Balaban J connectivity index is 1.48. The number of halogens is 6. The van der Waals surface area contributed by atoms with Crippen LogP contribution >= 0.6 is 0 Å². The SMILES string of the molecule is CCCOc1ccc(C[N+]2([O-])C3CCCC2CC(C(O)(c2ccc(C(F)(F)F)cc2)c2ccc(C(F)(F)F)cc2)C3)cc1. The number of rotatable bonds is 8. The quantitative estimate of drug-likeness (QED) is 0.159. The second-order valence-corrected chi connectivity index (χ2v) is 11.8. The molecule has 2 unspecified atom stereocenters. The minimum absolute atomic E-state index is 0.150. The van der Waals surface area contributed by atoms with Crippen LogP contribution in [0.3, 0.4) is 0 Å². The lowest BCUT2D eigenvalue weighted by molar-refractivity contribution is -0.954. The third-order valence-electron chi connectivity index (χ3n) is 9.15. The van der Waals surface area contributed by atoms with Crippen molar-refractivity contribution in [1.82, 2.24) is 0 Å². The van der Waals surface area contributed by atoms with Crippen LogP contribution in [-0.2, 0) is 24.5 Å². The first-order valence-electron chi connectivity index (χ1n) is 14.6. The van der Waals surface area contributed by atoms with Gasteiger partial charge in [-0.3, -0.25) is 0 Å². The second-order valence-electron chi connectivity index (χ2n) is 11.8. The van der Waals surface area contributed by atoms with E-state index in [1.807, 2.05) is 31.2 Å². The minimum atomic E-state index is -4.59. The molecule has 0 spiro atoms. The van der Waals surface area contributed by atoms with Crippen LogP contribution in [0.1, 0.15) is 73.3 Å². The summed E-state index contributed by atoms with van der Waals surface area (Å²) in [5.74, 6) is 0.126. The van der Waals surface area contributed by atoms with Gasteiger partial charge in [-0.15, -0.1) is 0 Å². The molecule has 0 aliphatic carbocycles. The lowest BCUT2D eigenvalue weighted by atomic mass is 9.66. The van der Waals surface area contributed by atoms with Crippen molar-refractivity contribution in [2.45, 2.75) is 82.0 Å². The first kappa shape index (κ1) is 31.3. The van der Waals surface area contributed by atoms with Crippen molar-refractivity contribution < 1.29 is 40.8 Å². The van der Waals surface area contributed by atoms with Crippen molar-refractivity contribution in [2.24, 2.45) is 5.92 Å². The summed E-state index contributed by atoms with van der Waals surface area (Å²) in [7, 11) is 0. The largest absolute Gasteiger partial charge is 0.632 e. The molecule has 5 rings (SSSR count). The fraction of sp³-hybridized carbons (Fsp3) is 0.455. The summed E-state index contributed by atoms with van der Waals surface area (Å²) in [4.78, 5) is 0. The van der Waals surface area contributed by atoms with E-state index in [1.54, 1.807) is 0 Å². The third-order valence-corrected chi connectivity index (χ3v) is 9.15. The molecule has 0 amide bonds. The topological polar surface area (TPSA) is 52.5 Å². The van der Waals surface area contributed by atoms with Gasteiger partial charge in [-0.1, -0.05) is 31.2 Å². The number of nitrogens with zero attached hydrogens (tertiary/aromatic N) is 1. The smallest absolute Gasteiger partial charge is 0.416 e. The standard InChI is InChI=1S/C33H35F6NO3/c1-2-18-43-30-16-6-22(7-17-30)21-40(42)28-4-3-5-29(40)20-27(19-28)31(41,23-8-12-25(13-9-23)32(34,35)36)24-10-14-26(15-11-24)33(37,38)39/h6-17,27-29,41H,2-5,18-21H2,1H3. The van der Waals surface area contributed by atoms with Gasteiger partial charge in [0.25, 0.3) is 0 Å². The predicted molar refractivity (Wildman–Crippen MR) is 150 cm³/mol. The number of hydrogen-bond donors (Lipinski definition) is 1. The number of alkyl halides is 6. The maximum Gasteiger partial charge on any atom is 0.416 e. The van der Waals surface area contributed by atoms with Gasteiger partial charge in [-0.25, -0.2) is 0 Å². The highest BCUT2D eigenvalue weighted by Crippen LogP contribution is 2.51. The van der Waals surface area contributed by atoms with Crippen LogP contribution in [0.25, 0.3) is 0 Å². The van der Waals surface area contributed by atoms with Gasteiger partial charge in [-0.2, -0.15) is 26.3 Å². The average molecular weight is 608 g/mol. The fourth-order valence-corrected chi connectivity index (χ4v) is 6.93. The number of quaternary nitrogens is 1. The summed E-state index contributed by atoms with van der Waals surface area (Å²) in [6.45, 7) is 2.83. The Labute approximate surface area is 247 Å². The van der Waals surface area contributed by atoms with Gasteiger partial charge in [0.1, 0.15) is 17.9 Å². The first-order chi connectivity index (χ1) is 20.2. The van der Waals surface area contributed by atoms with E-state index in [2.05, 4.69) is 0 Å². The molecule has 43 heavy (non-hydrogen) atoms. The molecule has 10 heteroatoms. The number of benzene rings is 3. The molecule has 2 aliphatic rings. The van der Waals surface area contributed by atoms with E-state index in [0.29, 0.717) is 19.4 Å². The number of piperidine rings is 2. The molecule has 0 saturated carbocycles. The molecule has 0 aromatic heterocycles. The van der Waals surface area contributed by atoms with E-state index in [4.69, 9.17) is 4.74 Å². The maximum atomic E-state index is 14.5. The Kier molecular flexibility index (Phi) is 8.59. The second kappa shape index (κ2) is 11.8. The molecule has 3 aromatic carbocycles. The van der Waals surface area contributed by atoms with E-state index < -0.39 is 39.6 Å². The molecule has 3 aromatic rings. The van der Waals surface area contributed by atoms with E-state index in [-0.39, 0.29) is 42.6 Å². The molecule has 2 bridgehead atoms. The summed E-state index contributed by atoms with van der Waals surface area (Å²) in [6, 6.07) is 14.9. The molecule has 2 fully saturated rings. The zero-order valence-corrected chi connectivity index (χ0v) is 23.8. The highest BCUT2D eigenvalue weighted by molar-refractivity contribution is 5.41. The normalized spacial score (nSPS) is 24.5. The highest BCUT2D eigenvalue weighted by Gasteiger charge is 2.53. The predicted octanol–water partition coefficient (Wildman–Crippen LogP) is 8.59. The van der Waals surface area contributed by atoms with Crippen molar-refractivity contribution in [3.8, 4) is 5.75 Å². The molecule has 2 atom stereocenters. The van der Waals surface area contributed by atoms with Crippen LogP contribution in [0.5, 0.6) is 5.75 Å². The van der Waals surface area contributed by atoms with Crippen molar-refractivity contribution in [1.29, 1.82) is 0 Å². The number of aliphatic hydroxyl groups is 1. The van der Waals surface area contributed by atoms with Crippen LogP contribution in [0.15, 0.2) is 72.8 Å². The summed E-state index contributed by atoms with van der Waals surface area (Å²) in [5.41, 5.74) is -2.53. The van der Waals surface area contributed by atoms with Crippen molar-refractivity contribution in [3.05, 3.63) is 106 Å². The summed E-state index contributed by atoms with van der Waals surface area (Å²) >= 11 is 0. The van der Waals surface area contributed by atoms with Crippen molar-refractivity contribution in [3.63, 3.8) is 0 Å². The monoisotopic (exact) mass is 607 g/mol. The highest BCUT2D eigenvalue weighted by atomic mass is 19.4. The Hall–Kier alpha value is -3.08. The minimum Gasteiger partial charge on any atom is -0.632 e. The molecule has 4 nitrogen and oxygen atoms in total. The molecule has 1 N–H and O–H groups in total. The molecular formula is C33H35F6NO3. The Bertz CT molecular complexity index is 1300. The lowest BCUT2D eigenvalue weighted by Crippen LogP contribution is -2.64. The van der Waals surface area contributed by atoms with Crippen LogP contribution in [0, 0.1) is 11.1 Å². The zero-order valence-electron chi connectivity index (χ0n) is 23.8. The van der Waals surface area contributed by atoms with Gasteiger partial charge < -0.3 is 19.7 Å². The molecular weight excluding hydrogens is 572 g/mol. The number of hydroxylamine groups is 3. The van der Waals surface area contributed by atoms with Crippen LogP contribution in [0.2, 0.25) is 0 Å². The summed E-state index contributed by atoms with van der Waals surface area (Å²) < 4.78 is 85.2. The number of fused-ring (bicyclic) bond motifs is 2. The van der Waals surface area contributed by atoms with Crippen LogP contribution < -0.4 is 4.74 Å². The Morgan fingerprint density at radius 3 is 1.60 bits per heavy atom. The zero-order chi connectivity index (χ0) is 31.0. The van der Waals surface area contributed by atoms with Gasteiger partial charge >= 0.3 is 12.4 Å². The van der Waals surface area contributed by atoms with Gasteiger partial charge in [0.2, 0.25) is 0 Å². The summed E-state index contributed by atoms with van der Waals surface area (Å²) in [6.07, 6.45) is -5.69. The third kappa shape index (κ3) is 6.28. The van der Waals surface area contributed by atoms with Gasteiger partial charge in [0.15, 0.2) is 0 Å². The number of hydrogen-bond acceptors (Lipinski definition) is 3. The average Bonchev–Trinajstić information content (AvgIpc) is 2.95. The fourth-order valence-electron chi connectivity index (χ4n) is 6.93. The maximum absolute atomic E-state index is 14.5. The lowest BCUT2D eigenvalue weighted by Gasteiger charge is -2.62. The van der Waals surface area contributed by atoms with Gasteiger partial charge in [0.05, 0.1) is 29.8 Å². The molecule has 232 valence electrons.